The van der Waals surface area contributed by atoms with Crippen LogP contribution in [-0.4, -0.2) is 20.1 Å². The molecule has 0 saturated heterocycles. The summed E-state index contributed by atoms with van der Waals surface area (Å²) in [5, 5.41) is 3.55. The van der Waals surface area contributed by atoms with E-state index in [0.717, 1.165) is 11.6 Å². The summed E-state index contributed by atoms with van der Waals surface area (Å²) in [5.41, 5.74) is 0.894. The van der Waals surface area contributed by atoms with Crippen molar-refractivity contribution >= 4 is 10.0 Å². The number of hydrogen-bond donors (Lipinski definition) is 1. The maximum Gasteiger partial charge on any atom is 0.243 e. The second kappa shape index (κ2) is 5.94. The summed E-state index contributed by atoms with van der Waals surface area (Å²) in [6.07, 6.45) is 4.30. The summed E-state index contributed by atoms with van der Waals surface area (Å²) in [6.45, 7) is 0.224. The van der Waals surface area contributed by atoms with E-state index < -0.39 is 15.8 Å². The molecule has 0 radical (unpaired) electrons. The SMILES string of the molecule is O=S(=O)(NCCCc1cnoc1)c1ccccc1F. The summed E-state index contributed by atoms with van der Waals surface area (Å²) in [6, 6.07) is 5.28. The highest BCUT2D eigenvalue weighted by Gasteiger charge is 2.17. The van der Waals surface area contributed by atoms with E-state index in [1.54, 1.807) is 6.20 Å². The van der Waals surface area contributed by atoms with Crippen LogP contribution in [-0.2, 0) is 16.4 Å². The van der Waals surface area contributed by atoms with Crippen molar-refractivity contribution in [3.8, 4) is 0 Å². The number of nitrogens with one attached hydrogen (secondary N) is 1. The van der Waals surface area contributed by atoms with Gasteiger partial charge in [-0.3, -0.25) is 0 Å². The Bertz CT molecular complexity index is 626. The van der Waals surface area contributed by atoms with Gasteiger partial charge in [-0.1, -0.05) is 17.3 Å². The molecule has 0 amide bonds. The van der Waals surface area contributed by atoms with Crippen LogP contribution in [0.3, 0.4) is 0 Å². The monoisotopic (exact) mass is 284 g/mol. The summed E-state index contributed by atoms with van der Waals surface area (Å²) < 4.78 is 44.1. The van der Waals surface area contributed by atoms with E-state index in [4.69, 9.17) is 0 Å². The summed E-state index contributed by atoms with van der Waals surface area (Å²) in [5.74, 6) is -0.756. The van der Waals surface area contributed by atoms with Gasteiger partial charge in [-0.05, 0) is 25.0 Å². The lowest BCUT2D eigenvalue weighted by Gasteiger charge is -2.06. The first-order chi connectivity index (χ1) is 9.09. The molecule has 2 rings (SSSR count). The third-order valence-corrected chi connectivity index (χ3v) is 4.04. The fourth-order valence-electron chi connectivity index (χ4n) is 1.59. The molecule has 2 aromatic rings. The zero-order chi connectivity index (χ0) is 13.7. The predicted octanol–water partition coefficient (Wildman–Crippen LogP) is 1.72. The lowest BCUT2D eigenvalue weighted by atomic mass is 10.2. The van der Waals surface area contributed by atoms with Crippen molar-refractivity contribution < 1.29 is 17.3 Å². The van der Waals surface area contributed by atoms with Crippen molar-refractivity contribution in [2.24, 2.45) is 0 Å². The highest BCUT2D eigenvalue weighted by molar-refractivity contribution is 7.89. The fraction of sp³-hybridized carbons (Fsp3) is 0.250. The van der Waals surface area contributed by atoms with Gasteiger partial charge in [0, 0.05) is 12.1 Å². The van der Waals surface area contributed by atoms with Crippen molar-refractivity contribution in [2.45, 2.75) is 17.7 Å². The Labute approximate surface area is 110 Å². The second-order valence-electron chi connectivity index (χ2n) is 3.96. The molecule has 1 aromatic heterocycles. The van der Waals surface area contributed by atoms with Crippen molar-refractivity contribution in [3.63, 3.8) is 0 Å². The topological polar surface area (TPSA) is 72.2 Å². The molecule has 0 bridgehead atoms. The Morgan fingerprint density at radius 2 is 2.11 bits per heavy atom. The van der Waals surface area contributed by atoms with Crippen LogP contribution in [0.1, 0.15) is 12.0 Å². The van der Waals surface area contributed by atoms with E-state index in [1.807, 2.05) is 0 Å². The first kappa shape index (κ1) is 13.7. The quantitative estimate of drug-likeness (QED) is 0.820. The summed E-state index contributed by atoms with van der Waals surface area (Å²) in [4.78, 5) is -0.333. The molecule has 5 nitrogen and oxygen atoms in total. The zero-order valence-electron chi connectivity index (χ0n) is 10.0. The van der Waals surface area contributed by atoms with Gasteiger partial charge in [0.2, 0.25) is 10.0 Å². The molecule has 0 unspecified atom stereocenters. The Hall–Kier alpha value is -1.73. The Balaban J connectivity index is 1.90. The number of halogens is 1. The normalized spacial score (nSPS) is 11.6. The van der Waals surface area contributed by atoms with Crippen molar-refractivity contribution in [3.05, 3.63) is 48.1 Å². The molecule has 1 N–H and O–H groups in total. The number of nitrogens with zero attached hydrogens (tertiary/aromatic N) is 1. The number of benzene rings is 1. The number of hydrogen-bond acceptors (Lipinski definition) is 4. The van der Waals surface area contributed by atoms with Gasteiger partial charge in [0.05, 0.1) is 6.20 Å². The van der Waals surface area contributed by atoms with E-state index in [-0.39, 0.29) is 11.4 Å². The van der Waals surface area contributed by atoms with E-state index in [9.17, 15) is 12.8 Å². The minimum Gasteiger partial charge on any atom is -0.364 e. The van der Waals surface area contributed by atoms with E-state index >= 15 is 0 Å². The third-order valence-electron chi connectivity index (χ3n) is 2.54. The maximum atomic E-state index is 13.4. The number of sulfonamides is 1. The Kier molecular flexibility index (Phi) is 4.28. The molecule has 0 aliphatic heterocycles. The molecule has 1 aromatic carbocycles. The van der Waals surface area contributed by atoms with Gasteiger partial charge in [0.1, 0.15) is 17.0 Å². The summed E-state index contributed by atoms with van der Waals surface area (Å²) >= 11 is 0. The average molecular weight is 284 g/mol. The van der Waals surface area contributed by atoms with Crippen molar-refractivity contribution in [1.29, 1.82) is 0 Å². The molecule has 7 heteroatoms. The number of rotatable bonds is 6. The molecule has 0 aliphatic rings. The molecule has 0 fully saturated rings. The first-order valence-corrected chi connectivity index (χ1v) is 7.20. The Morgan fingerprint density at radius 1 is 1.32 bits per heavy atom. The minimum absolute atomic E-state index is 0.224. The van der Waals surface area contributed by atoms with Gasteiger partial charge in [-0.15, -0.1) is 0 Å². The largest absolute Gasteiger partial charge is 0.364 e. The number of aryl methyl sites for hydroxylation is 1. The minimum atomic E-state index is -3.80. The van der Waals surface area contributed by atoms with E-state index in [2.05, 4.69) is 14.4 Å². The van der Waals surface area contributed by atoms with Gasteiger partial charge in [0.25, 0.3) is 0 Å². The predicted molar refractivity (Wildman–Crippen MR) is 66.4 cm³/mol. The second-order valence-corrected chi connectivity index (χ2v) is 5.70. The molecular weight excluding hydrogens is 271 g/mol. The fourth-order valence-corrected chi connectivity index (χ4v) is 2.74. The zero-order valence-corrected chi connectivity index (χ0v) is 10.9. The molecule has 102 valence electrons. The van der Waals surface area contributed by atoms with Gasteiger partial charge in [0.15, 0.2) is 0 Å². The lowest BCUT2D eigenvalue weighted by Crippen LogP contribution is -2.25. The van der Waals surface area contributed by atoms with Crippen molar-refractivity contribution in [1.82, 2.24) is 9.88 Å². The molecular formula is C12H13FN2O3S. The highest BCUT2D eigenvalue weighted by Crippen LogP contribution is 2.13. The third kappa shape index (κ3) is 3.62. The van der Waals surface area contributed by atoms with E-state index in [0.29, 0.717) is 12.8 Å². The summed E-state index contributed by atoms with van der Waals surface area (Å²) in [7, 11) is -3.80. The molecule has 0 saturated carbocycles. The average Bonchev–Trinajstić information content (AvgIpc) is 2.88. The van der Waals surface area contributed by atoms with Crippen LogP contribution in [0.2, 0.25) is 0 Å². The lowest BCUT2D eigenvalue weighted by molar-refractivity contribution is 0.418. The number of aromatic nitrogens is 1. The maximum absolute atomic E-state index is 13.4. The standard InChI is InChI=1S/C12H13FN2O3S/c13-11-5-1-2-6-12(11)19(16,17)15-7-3-4-10-8-14-18-9-10/h1-2,5-6,8-9,15H,3-4,7H2. The molecule has 19 heavy (non-hydrogen) atoms. The van der Waals surface area contributed by atoms with Crippen LogP contribution in [0.15, 0.2) is 46.1 Å². The molecule has 0 aliphatic carbocycles. The van der Waals surface area contributed by atoms with Gasteiger partial charge < -0.3 is 4.52 Å². The molecule has 1 heterocycles. The van der Waals surface area contributed by atoms with E-state index in [1.165, 1.54) is 24.5 Å². The van der Waals surface area contributed by atoms with Gasteiger partial charge in [-0.2, -0.15) is 0 Å². The highest BCUT2D eigenvalue weighted by atomic mass is 32.2. The van der Waals surface area contributed by atoms with Crippen molar-refractivity contribution in [2.75, 3.05) is 6.54 Å². The van der Waals surface area contributed by atoms with Crippen LogP contribution < -0.4 is 4.72 Å². The smallest absolute Gasteiger partial charge is 0.243 e. The van der Waals surface area contributed by atoms with Gasteiger partial charge >= 0.3 is 0 Å². The Morgan fingerprint density at radius 3 is 2.79 bits per heavy atom. The van der Waals surface area contributed by atoms with Crippen LogP contribution in [0.25, 0.3) is 0 Å². The first-order valence-electron chi connectivity index (χ1n) is 5.72. The van der Waals surface area contributed by atoms with Crippen LogP contribution in [0.5, 0.6) is 0 Å². The van der Waals surface area contributed by atoms with Crippen LogP contribution in [0.4, 0.5) is 4.39 Å². The van der Waals surface area contributed by atoms with Gasteiger partial charge in [-0.25, -0.2) is 17.5 Å². The molecule has 0 atom stereocenters. The molecule has 0 spiro atoms. The van der Waals surface area contributed by atoms with Crippen LogP contribution in [0, 0.1) is 5.82 Å². The van der Waals surface area contributed by atoms with Crippen LogP contribution >= 0.6 is 0 Å².